The van der Waals surface area contributed by atoms with Crippen molar-refractivity contribution in [2.24, 2.45) is 0 Å². The second-order valence-corrected chi connectivity index (χ2v) is 6.26. The van der Waals surface area contributed by atoms with Gasteiger partial charge in [-0.15, -0.1) is 0 Å². The summed E-state index contributed by atoms with van der Waals surface area (Å²) in [5.41, 5.74) is 0. The maximum atomic E-state index is 10.9. The van der Waals surface area contributed by atoms with Crippen LogP contribution in [-0.2, 0) is 9.53 Å². The van der Waals surface area contributed by atoms with Crippen molar-refractivity contribution < 1.29 is 9.53 Å². The molecule has 0 aliphatic heterocycles. The van der Waals surface area contributed by atoms with E-state index in [9.17, 15) is 4.79 Å². The molecule has 0 unspecified atom stereocenters. The van der Waals surface area contributed by atoms with Crippen LogP contribution in [0.5, 0.6) is 0 Å². The zero-order chi connectivity index (χ0) is 17.0. The largest absolute Gasteiger partial charge is 0.469 e. The highest BCUT2D eigenvalue weighted by atomic mass is 16.5. The highest BCUT2D eigenvalue weighted by Crippen LogP contribution is 2.10. The Bertz CT molecular complexity index is 305. The summed E-state index contributed by atoms with van der Waals surface area (Å²) in [4.78, 5) is 10.9. The molecule has 2 nitrogen and oxygen atoms in total. The van der Waals surface area contributed by atoms with E-state index >= 15 is 0 Å². The molecular formula is C21H38O2. The van der Waals surface area contributed by atoms with E-state index in [0.717, 1.165) is 19.3 Å². The monoisotopic (exact) mass is 322 g/mol. The summed E-state index contributed by atoms with van der Waals surface area (Å²) >= 11 is 0. The lowest BCUT2D eigenvalue weighted by Gasteiger charge is -2.01. The Morgan fingerprint density at radius 3 is 1.83 bits per heavy atom. The normalized spacial score (nSPS) is 11.6. The van der Waals surface area contributed by atoms with Crippen molar-refractivity contribution in [2.75, 3.05) is 7.11 Å². The van der Waals surface area contributed by atoms with Crippen LogP contribution in [0.2, 0.25) is 0 Å². The molecule has 0 aromatic carbocycles. The maximum absolute atomic E-state index is 10.9. The summed E-state index contributed by atoms with van der Waals surface area (Å²) in [6, 6.07) is 0. The Morgan fingerprint density at radius 2 is 1.26 bits per heavy atom. The fourth-order valence-electron chi connectivity index (χ4n) is 2.54. The van der Waals surface area contributed by atoms with Crippen LogP contribution in [0.1, 0.15) is 96.8 Å². The number of hydrogen-bond donors (Lipinski definition) is 0. The first kappa shape index (κ1) is 21.9. The first-order valence-electron chi connectivity index (χ1n) is 9.68. The number of allylic oxidation sites excluding steroid dienone is 4. The van der Waals surface area contributed by atoms with Gasteiger partial charge < -0.3 is 4.74 Å². The third-order valence-electron chi connectivity index (χ3n) is 4.06. The van der Waals surface area contributed by atoms with Gasteiger partial charge in [-0.05, 0) is 38.5 Å². The summed E-state index contributed by atoms with van der Waals surface area (Å²) in [6.45, 7) is 2.25. The summed E-state index contributed by atoms with van der Waals surface area (Å²) in [5.74, 6) is -0.0763. The van der Waals surface area contributed by atoms with E-state index in [1.165, 1.54) is 71.3 Å². The number of ether oxygens (including phenoxy) is 1. The van der Waals surface area contributed by atoms with Gasteiger partial charge in [-0.1, -0.05) is 76.2 Å². The molecule has 0 aliphatic carbocycles. The van der Waals surface area contributed by atoms with Gasteiger partial charge in [0.2, 0.25) is 0 Å². The van der Waals surface area contributed by atoms with E-state index in [2.05, 4.69) is 36.0 Å². The highest BCUT2D eigenvalue weighted by Gasteiger charge is 1.98. The number of methoxy groups -OCH3 is 1. The standard InChI is InChI=1S/C21H38O2/c1-3-4-5-6-7-8-9-10-11-12-13-14-15-16-17-18-19-20-21(22)23-2/h7-8,10-11H,3-6,9,12-20H2,1-2H3/b8-7+,11-10-. The molecular weight excluding hydrogens is 284 g/mol. The predicted molar refractivity (Wildman–Crippen MR) is 101 cm³/mol. The van der Waals surface area contributed by atoms with E-state index in [-0.39, 0.29) is 5.97 Å². The lowest BCUT2D eigenvalue weighted by Crippen LogP contribution is -1.99. The number of carbonyl (C=O) groups is 1. The number of esters is 1. The molecule has 0 spiro atoms. The fraction of sp³-hybridized carbons (Fsp3) is 0.762. The van der Waals surface area contributed by atoms with Crippen molar-refractivity contribution in [2.45, 2.75) is 96.8 Å². The smallest absolute Gasteiger partial charge is 0.305 e. The van der Waals surface area contributed by atoms with Crippen LogP contribution in [0, 0.1) is 0 Å². The third-order valence-corrected chi connectivity index (χ3v) is 4.06. The van der Waals surface area contributed by atoms with Crippen molar-refractivity contribution in [1.82, 2.24) is 0 Å². The van der Waals surface area contributed by atoms with E-state index in [4.69, 9.17) is 0 Å². The Kier molecular flexibility index (Phi) is 18.1. The molecule has 0 rings (SSSR count). The Hall–Kier alpha value is -1.05. The summed E-state index contributed by atoms with van der Waals surface area (Å²) in [5, 5.41) is 0. The maximum Gasteiger partial charge on any atom is 0.305 e. The quantitative estimate of drug-likeness (QED) is 0.178. The van der Waals surface area contributed by atoms with Gasteiger partial charge in [0.1, 0.15) is 0 Å². The molecule has 23 heavy (non-hydrogen) atoms. The Balaban J connectivity index is 3.17. The molecule has 0 saturated carbocycles. The number of unbranched alkanes of at least 4 members (excludes halogenated alkanes) is 10. The summed E-state index contributed by atoms with van der Waals surface area (Å²) in [7, 11) is 1.46. The molecule has 0 amide bonds. The average molecular weight is 323 g/mol. The Morgan fingerprint density at radius 1 is 0.739 bits per heavy atom. The number of hydrogen-bond acceptors (Lipinski definition) is 2. The summed E-state index contributed by atoms with van der Waals surface area (Å²) < 4.78 is 4.63. The topological polar surface area (TPSA) is 26.3 Å². The molecule has 0 heterocycles. The number of rotatable bonds is 16. The van der Waals surface area contributed by atoms with Crippen LogP contribution < -0.4 is 0 Å². The SMILES string of the molecule is CCCCC/C=C/C/C=C\CCCCCCCCCC(=O)OC. The van der Waals surface area contributed by atoms with Crippen molar-refractivity contribution in [3.05, 3.63) is 24.3 Å². The molecule has 0 atom stereocenters. The van der Waals surface area contributed by atoms with Gasteiger partial charge in [0.15, 0.2) is 0 Å². The van der Waals surface area contributed by atoms with Gasteiger partial charge in [-0.3, -0.25) is 4.79 Å². The van der Waals surface area contributed by atoms with Crippen molar-refractivity contribution >= 4 is 5.97 Å². The second-order valence-electron chi connectivity index (χ2n) is 6.26. The van der Waals surface area contributed by atoms with E-state index in [0.29, 0.717) is 6.42 Å². The lowest BCUT2D eigenvalue weighted by atomic mass is 10.1. The minimum atomic E-state index is -0.0763. The van der Waals surface area contributed by atoms with Crippen LogP contribution in [0.4, 0.5) is 0 Å². The molecule has 0 aliphatic rings. The Labute approximate surface area is 144 Å². The van der Waals surface area contributed by atoms with Gasteiger partial charge in [0, 0.05) is 6.42 Å². The zero-order valence-corrected chi connectivity index (χ0v) is 15.5. The molecule has 2 heteroatoms. The van der Waals surface area contributed by atoms with E-state index < -0.39 is 0 Å². The molecule has 0 saturated heterocycles. The minimum Gasteiger partial charge on any atom is -0.469 e. The first-order chi connectivity index (χ1) is 11.3. The minimum absolute atomic E-state index is 0.0763. The van der Waals surface area contributed by atoms with Crippen LogP contribution >= 0.6 is 0 Å². The lowest BCUT2D eigenvalue weighted by molar-refractivity contribution is -0.140. The first-order valence-corrected chi connectivity index (χ1v) is 9.68. The molecule has 0 radical (unpaired) electrons. The third kappa shape index (κ3) is 18.9. The van der Waals surface area contributed by atoms with Crippen LogP contribution in [-0.4, -0.2) is 13.1 Å². The van der Waals surface area contributed by atoms with Crippen LogP contribution in [0.15, 0.2) is 24.3 Å². The number of carbonyl (C=O) groups excluding carboxylic acids is 1. The second kappa shape index (κ2) is 19.0. The van der Waals surface area contributed by atoms with Gasteiger partial charge in [0.05, 0.1) is 7.11 Å². The average Bonchev–Trinajstić information content (AvgIpc) is 2.57. The van der Waals surface area contributed by atoms with Gasteiger partial charge in [-0.2, -0.15) is 0 Å². The molecule has 0 N–H and O–H groups in total. The van der Waals surface area contributed by atoms with Crippen molar-refractivity contribution in [1.29, 1.82) is 0 Å². The van der Waals surface area contributed by atoms with Crippen LogP contribution in [0.25, 0.3) is 0 Å². The fourth-order valence-corrected chi connectivity index (χ4v) is 2.54. The van der Waals surface area contributed by atoms with Crippen molar-refractivity contribution in [3.8, 4) is 0 Å². The van der Waals surface area contributed by atoms with Gasteiger partial charge in [0.25, 0.3) is 0 Å². The van der Waals surface area contributed by atoms with Gasteiger partial charge in [-0.25, -0.2) is 0 Å². The molecule has 0 bridgehead atoms. The van der Waals surface area contributed by atoms with E-state index in [1.54, 1.807) is 0 Å². The molecule has 0 fully saturated rings. The molecule has 0 aromatic rings. The zero-order valence-electron chi connectivity index (χ0n) is 15.5. The highest BCUT2D eigenvalue weighted by molar-refractivity contribution is 5.68. The van der Waals surface area contributed by atoms with Gasteiger partial charge >= 0.3 is 5.97 Å². The predicted octanol–water partition coefficient (Wildman–Crippen LogP) is 6.75. The molecule has 0 aromatic heterocycles. The van der Waals surface area contributed by atoms with Crippen molar-refractivity contribution in [3.63, 3.8) is 0 Å². The summed E-state index contributed by atoms with van der Waals surface area (Å²) in [6.07, 6.45) is 26.0. The van der Waals surface area contributed by atoms with E-state index in [1.807, 2.05) is 0 Å². The molecule has 134 valence electrons. The van der Waals surface area contributed by atoms with Crippen LogP contribution in [0.3, 0.4) is 0 Å².